The van der Waals surface area contributed by atoms with Gasteiger partial charge in [-0.2, -0.15) is 0 Å². The van der Waals surface area contributed by atoms with Crippen molar-refractivity contribution in [3.8, 4) is 0 Å². The van der Waals surface area contributed by atoms with Crippen LogP contribution in [0, 0.1) is 0 Å². The van der Waals surface area contributed by atoms with Gasteiger partial charge in [0.25, 0.3) is 0 Å². The predicted molar refractivity (Wildman–Crippen MR) is 59.5 cm³/mol. The van der Waals surface area contributed by atoms with Gasteiger partial charge in [0.15, 0.2) is 0 Å². The lowest BCUT2D eigenvalue weighted by Gasteiger charge is -2.38. The number of anilines is 1. The van der Waals surface area contributed by atoms with Crippen molar-refractivity contribution in [2.24, 2.45) is 0 Å². The Bertz CT molecular complexity index is 294. The fraction of sp³-hybridized carbons (Fsp3) is 0.600. The molecule has 0 unspecified atom stereocenters. The molecule has 0 N–H and O–H groups in total. The number of nitrogens with zero attached hydrogens (tertiary/aromatic N) is 5. The van der Waals surface area contributed by atoms with Crippen LogP contribution >= 0.6 is 0 Å². The Hall–Kier alpha value is -1.20. The van der Waals surface area contributed by atoms with E-state index in [4.69, 9.17) is 0 Å². The van der Waals surface area contributed by atoms with E-state index < -0.39 is 0 Å². The van der Waals surface area contributed by atoms with Crippen molar-refractivity contribution in [3.63, 3.8) is 0 Å². The number of likely N-dealkylation sites (N-methyl/N-ethyl adjacent to an activating group) is 1. The highest BCUT2D eigenvalue weighted by Crippen LogP contribution is 2.10. The second-order valence-electron chi connectivity index (χ2n) is 3.85. The van der Waals surface area contributed by atoms with Gasteiger partial charge in [-0.05, 0) is 7.05 Å². The topological polar surface area (TPSA) is 35.5 Å². The molecule has 0 bridgehead atoms. The summed E-state index contributed by atoms with van der Waals surface area (Å²) in [6.07, 6.45) is 3.36. The Morgan fingerprint density at radius 1 is 1.27 bits per heavy atom. The van der Waals surface area contributed by atoms with Gasteiger partial charge in [0.05, 0.1) is 0 Å². The summed E-state index contributed by atoms with van der Waals surface area (Å²) < 4.78 is 0. The van der Waals surface area contributed by atoms with Crippen molar-refractivity contribution in [1.82, 2.24) is 19.9 Å². The van der Waals surface area contributed by atoms with E-state index in [2.05, 4.69) is 31.9 Å². The molecule has 5 heteroatoms. The largest absolute Gasteiger partial charge is 0.304 e. The van der Waals surface area contributed by atoms with E-state index >= 15 is 0 Å². The molecular weight excluding hydrogens is 190 g/mol. The summed E-state index contributed by atoms with van der Waals surface area (Å²) in [5.41, 5.74) is 0. The first-order valence-corrected chi connectivity index (χ1v) is 5.20. The summed E-state index contributed by atoms with van der Waals surface area (Å²) in [5.74, 6) is 0.953. The highest BCUT2D eigenvalue weighted by atomic mass is 15.6. The van der Waals surface area contributed by atoms with E-state index in [1.807, 2.05) is 13.1 Å². The number of aromatic nitrogens is 2. The van der Waals surface area contributed by atoms with Gasteiger partial charge in [0.1, 0.15) is 12.1 Å². The summed E-state index contributed by atoms with van der Waals surface area (Å²) >= 11 is 0. The van der Waals surface area contributed by atoms with Crippen molar-refractivity contribution < 1.29 is 0 Å². The zero-order valence-electron chi connectivity index (χ0n) is 9.30. The van der Waals surface area contributed by atoms with Crippen molar-refractivity contribution in [2.75, 3.05) is 45.3 Å². The molecule has 1 aromatic rings. The molecular formula is C10H17N5. The Morgan fingerprint density at radius 2 is 2.00 bits per heavy atom. The number of rotatable bonds is 2. The molecule has 1 aliphatic heterocycles. The minimum atomic E-state index is 0.953. The van der Waals surface area contributed by atoms with Gasteiger partial charge in [0, 0.05) is 45.5 Å². The molecule has 0 atom stereocenters. The third-order valence-corrected chi connectivity index (χ3v) is 2.80. The summed E-state index contributed by atoms with van der Waals surface area (Å²) in [6.45, 7) is 4.32. The molecule has 1 aromatic heterocycles. The fourth-order valence-corrected chi connectivity index (χ4v) is 1.72. The Labute approximate surface area is 90.3 Å². The maximum Gasteiger partial charge on any atom is 0.146 e. The molecule has 15 heavy (non-hydrogen) atoms. The summed E-state index contributed by atoms with van der Waals surface area (Å²) in [5, 5.41) is 4.41. The van der Waals surface area contributed by atoms with E-state index in [0.29, 0.717) is 0 Å². The standard InChI is InChI=1S/C10H17N5/c1-13-5-7-15(8-6-13)14(2)10-3-4-11-9-12-10/h3-4,9H,5-8H2,1-2H3. The summed E-state index contributed by atoms with van der Waals surface area (Å²) in [6, 6.07) is 1.93. The lowest BCUT2D eigenvalue weighted by molar-refractivity contribution is 0.147. The van der Waals surface area contributed by atoms with E-state index in [1.165, 1.54) is 0 Å². The van der Waals surface area contributed by atoms with Crippen LogP contribution in [-0.4, -0.2) is 60.2 Å². The minimum Gasteiger partial charge on any atom is -0.304 e. The van der Waals surface area contributed by atoms with E-state index in [-0.39, 0.29) is 0 Å². The zero-order valence-corrected chi connectivity index (χ0v) is 9.30. The van der Waals surface area contributed by atoms with Crippen LogP contribution in [0.15, 0.2) is 18.6 Å². The molecule has 0 saturated carbocycles. The summed E-state index contributed by atoms with van der Waals surface area (Å²) in [7, 11) is 4.20. The molecule has 0 aromatic carbocycles. The zero-order chi connectivity index (χ0) is 10.7. The van der Waals surface area contributed by atoms with Crippen LogP contribution in [0.3, 0.4) is 0 Å². The van der Waals surface area contributed by atoms with Crippen LogP contribution in [0.2, 0.25) is 0 Å². The average Bonchev–Trinajstić information content (AvgIpc) is 2.30. The summed E-state index contributed by atoms with van der Waals surface area (Å²) in [4.78, 5) is 10.5. The lowest BCUT2D eigenvalue weighted by atomic mass is 10.4. The van der Waals surface area contributed by atoms with Crippen molar-refractivity contribution in [2.45, 2.75) is 0 Å². The van der Waals surface area contributed by atoms with Crippen molar-refractivity contribution in [1.29, 1.82) is 0 Å². The quantitative estimate of drug-likeness (QED) is 0.686. The third kappa shape index (κ3) is 2.43. The van der Waals surface area contributed by atoms with Gasteiger partial charge in [0.2, 0.25) is 0 Å². The maximum absolute atomic E-state index is 4.23. The molecule has 1 aliphatic rings. The van der Waals surface area contributed by atoms with Crippen LogP contribution < -0.4 is 5.01 Å². The normalized spacial score (nSPS) is 19.1. The highest BCUT2D eigenvalue weighted by Gasteiger charge is 2.18. The third-order valence-electron chi connectivity index (χ3n) is 2.80. The molecule has 2 heterocycles. The first kappa shape index (κ1) is 10.3. The number of piperazine rings is 1. The first-order valence-electron chi connectivity index (χ1n) is 5.20. The smallest absolute Gasteiger partial charge is 0.146 e. The Morgan fingerprint density at radius 3 is 2.60 bits per heavy atom. The molecule has 5 nitrogen and oxygen atoms in total. The molecule has 82 valence electrons. The Balaban J connectivity index is 1.99. The average molecular weight is 207 g/mol. The maximum atomic E-state index is 4.23. The lowest BCUT2D eigenvalue weighted by Crippen LogP contribution is -2.51. The highest BCUT2D eigenvalue weighted by molar-refractivity contribution is 5.33. The van der Waals surface area contributed by atoms with Gasteiger partial charge in [-0.25, -0.2) is 15.0 Å². The number of hydrogen-bond donors (Lipinski definition) is 0. The molecule has 0 radical (unpaired) electrons. The van der Waals surface area contributed by atoms with E-state index in [9.17, 15) is 0 Å². The minimum absolute atomic E-state index is 0.953. The van der Waals surface area contributed by atoms with Gasteiger partial charge in [-0.1, -0.05) is 0 Å². The van der Waals surface area contributed by atoms with Gasteiger partial charge < -0.3 is 4.90 Å². The van der Waals surface area contributed by atoms with Crippen LogP contribution in [-0.2, 0) is 0 Å². The number of hydrogen-bond acceptors (Lipinski definition) is 5. The molecule has 0 amide bonds. The van der Waals surface area contributed by atoms with E-state index in [1.54, 1.807) is 12.5 Å². The SMILES string of the molecule is CN1CCN(N(C)c2ccncn2)CC1. The van der Waals surface area contributed by atoms with Crippen molar-refractivity contribution in [3.05, 3.63) is 18.6 Å². The van der Waals surface area contributed by atoms with Crippen LogP contribution in [0.1, 0.15) is 0 Å². The Kier molecular flexibility index (Phi) is 3.13. The first-order chi connectivity index (χ1) is 7.27. The van der Waals surface area contributed by atoms with Gasteiger partial charge in [-0.15, -0.1) is 0 Å². The predicted octanol–water partition coefficient (Wildman–Crippen LogP) is 0.0752. The van der Waals surface area contributed by atoms with Gasteiger partial charge in [-0.3, -0.25) is 5.01 Å². The molecule has 2 rings (SSSR count). The monoisotopic (exact) mass is 207 g/mol. The van der Waals surface area contributed by atoms with Crippen LogP contribution in [0.25, 0.3) is 0 Å². The van der Waals surface area contributed by atoms with Gasteiger partial charge >= 0.3 is 0 Å². The van der Waals surface area contributed by atoms with E-state index in [0.717, 1.165) is 32.0 Å². The van der Waals surface area contributed by atoms with Crippen LogP contribution in [0.4, 0.5) is 5.82 Å². The molecule has 0 spiro atoms. The molecule has 1 fully saturated rings. The van der Waals surface area contributed by atoms with Crippen LogP contribution in [0.5, 0.6) is 0 Å². The second kappa shape index (κ2) is 4.55. The fourth-order valence-electron chi connectivity index (χ4n) is 1.72. The number of hydrazine groups is 1. The van der Waals surface area contributed by atoms with Crippen molar-refractivity contribution >= 4 is 5.82 Å². The second-order valence-corrected chi connectivity index (χ2v) is 3.85. The molecule has 1 saturated heterocycles. The molecule has 0 aliphatic carbocycles.